The number of carbonyl (C=O) groups excluding carboxylic acids is 1. The third-order valence-electron chi connectivity index (χ3n) is 4.27. The summed E-state index contributed by atoms with van der Waals surface area (Å²) in [5, 5.41) is 2.68. The Bertz CT molecular complexity index is 1050. The largest absolute Gasteiger partial charge is 0.356 e. The molecule has 0 spiro atoms. The van der Waals surface area contributed by atoms with Crippen LogP contribution in [-0.4, -0.2) is 35.8 Å². The van der Waals surface area contributed by atoms with Crippen LogP contribution in [0.25, 0.3) is 11.0 Å². The maximum atomic E-state index is 12.5. The topological polar surface area (TPSA) is 107 Å². The number of carbonyl (C=O) groups is 1. The van der Waals surface area contributed by atoms with Crippen LogP contribution in [0, 0.1) is 0 Å². The second-order valence-electron chi connectivity index (χ2n) is 6.15. The first-order valence-corrected chi connectivity index (χ1v) is 10.0. The molecule has 0 atom stereocenters. The lowest BCUT2D eigenvalue weighted by Crippen LogP contribution is -2.39. The van der Waals surface area contributed by atoms with Crippen LogP contribution in [-0.2, 0) is 28.7 Å². The lowest BCUT2D eigenvalue weighted by atomic mass is 10.3. The Hall–Kier alpha value is -2.42. The van der Waals surface area contributed by atoms with Gasteiger partial charge in [-0.2, -0.15) is 0 Å². The summed E-state index contributed by atoms with van der Waals surface area (Å²) in [6.45, 7) is 2.53. The minimum absolute atomic E-state index is 0.0139. The van der Waals surface area contributed by atoms with Crippen LogP contribution in [0.1, 0.15) is 26.2 Å². The summed E-state index contributed by atoms with van der Waals surface area (Å²) >= 11 is 0. The van der Waals surface area contributed by atoms with Gasteiger partial charge < -0.3 is 14.5 Å². The van der Waals surface area contributed by atoms with E-state index in [1.807, 2.05) is 6.92 Å². The van der Waals surface area contributed by atoms with Crippen molar-refractivity contribution in [2.45, 2.75) is 31.1 Å². The highest BCUT2D eigenvalue weighted by Gasteiger charge is 2.18. The fourth-order valence-corrected chi connectivity index (χ4v) is 3.85. The van der Waals surface area contributed by atoms with Crippen molar-refractivity contribution in [3.8, 4) is 0 Å². The molecule has 0 aliphatic rings. The maximum absolute atomic E-state index is 12.5. The van der Waals surface area contributed by atoms with Gasteiger partial charge in [-0.15, -0.1) is 0 Å². The van der Waals surface area contributed by atoms with Crippen LogP contribution in [0.3, 0.4) is 0 Å². The van der Waals surface area contributed by atoms with E-state index in [0.717, 1.165) is 17.4 Å². The summed E-state index contributed by atoms with van der Waals surface area (Å²) in [5.41, 5.74) is -0.622. The van der Waals surface area contributed by atoms with Gasteiger partial charge in [-0.05, 0) is 24.6 Å². The molecule has 1 N–H and O–H groups in total. The average Bonchev–Trinajstić information content (AvgIpc) is 2.62. The predicted molar refractivity (Wildman–Crippen MR) is 99.0 cm³/mol. The van der Waals surface area contributed by atoms with Crippen molar-refractivity contribution in [2.75, 3.05) is 12.3 Å². The lowest BCUT2D eigenvalue weighted by molar-refractivity contribution is -0.120. The first-order chi connectivity index (χ1) is 12.2. The number of aryl methyl sites for hydroxylation is 2. The molecule has 0 bridgehead atoms. The van der Waals surface area contributed by atoms with Crippen LogP contribution in [0.4, 0.5) is 0 Å². The zero-order chi connectivity index (χ0) is 19.5. The molecule has 26 heavy (non-hydrogen) atoms. The normalized spacial score (nSPS) is 11.7. The molecule has 1 aromatic heterocycles. The number of benzene rings is 1. The summed E-state index contributed by atoms with van der Waals surface area (Å²) in [5.74, 6) is -0.631. The van der Waals surface area contributed by atoms with Crippen LogP contribution in [0.2, 0.25) is 0 Å². The van der Waals surface area contributed by atoms with E-state index in [-0.39, 0.29) is 23.0 Å². The molecular formula is C17H23N3O5S. The van der Waals surface area contributed by atoms with E-state index in [4.69, 9.17) is 0 Å². The van der Waals surface area contributed by atoms with E-state index < -0.39 is 21.0 Å². The molecule has 8 nitrogen and oxygen atoms in total. The van der Waals surface area contributed by atoms with Crippen molar-refractivity contribution in [1.29, 1.82) is 0 Å². The van der Waals surface area contributed by atoms with E-state index >= 15 is 0 Å². The van der Waals surface area contributed by atoms with Gasteiger partial charge in [0.2, 0.25) is 5.91 Å². The van der Waals surface area contributed by atoms with Crippen LogP contribution >= 0.6 is 0 Å². The Kier molecular flexibility index (Phi) is 6.01. The van der Waals surface area contributed by atoms with Gasteiger partial charge in [-0.25, -0.2) is 8.42 Å². The number of nitrogens with zero attached hydrogens (tertiary/aromatic N) is 2. The van der Waals surface area contributed by atoms with E-state index in [1.54, 1.807) is 0 Å². The van der Waals surface area contributed by atoms with Gasteiger partial charge in [0, 0.05) is 27.1 Å². The molecule has 0 aliphatic heterocycles. The molecule has 1 amide bonds. The lowest BCUT2D eigenvalue weighted by Gasteiger charge is -2.11. The molecule has 1 heterocycles. The Labute approximate surface area is 151 Å². The minimum Gasteiger partial charge on any atom is -0.356 e. The third-order valence-corrected chi connectivity index (χ3v) is 5.99. The van der Waals surface area contributed by atoms with Gasteiger partial charge in [0.05, 0.1) is 21.7 Å². The summed E-state index contributed by atoms with van der Waals surface area (Å²) in [6.07, 6.45) is 1.66. The van der Waals surface area contributed by atoms with E-state index in [0.29, 0.717) is 17.6 Å². The monoisotopic (exact) mass is 381 g/mol. The molecular weight excluding hydrogens is 358 g/mol. The van der Waals surface area contributed by atoms with Gasteiger partial charge in [0.1, 0.15) is 0 Å². The second-order valence-corrected chi connectivity index (χ2v) is 8.26. The third kappa shape index (κ3) is 4.04. The summed E-state index contributed by atoms with van der Waals surface area (Å²) < 4.78 is 27.4. The summed E-state index contributed by atoms with van der Waals surface area (Å²) in [6, 6.07) is 4.24. The molecule has 0 saturated heterocycles. The van der Waals surface area contributed by atoms with Crippen LogP contribution < -0.4 is 16.4 Å². The van der Waals surface area contributed by atoms with Crippen LogP contribution in [0.5, 0.6) is 0 Å². The standard InChI is InChI=1S/C17H23N3O5S/c1-4-5-9-18-15(21)8-10-26(24,25)12-6-7-13-14(11-12)20(3)17(23)16(22)19(13)2/h6-7,11H,4-5,8-10H2,1-3H3,(H,18,21). The Balaban J connectivity index is 2.30. The van der Waals surface area contributed by atoms with Gasteiger partial charge >= 0.3 is 11.1 Å². The summed E-state index contributed by atoms with van der Waals surface area (Å²) in [7, 11) is -0.814. The zero-order valence-electron chi connectivity index (χ0n) is 15.1. The number of unbranched alkanes of at least 4 members (excludes halogenated alkanes) is 1. The van der Waals surface area contributed by atoms with Gasteiger partial charge in [-0.3, -0.25) is 14.4 Å². The van der Waals surface area contributed by atoms with Crippen molar-refractivity contribution in [1.82, 2.24) is 14.5 Å². The highest BCUT2D eigenvalue weighted by Crippen LogP contribution is 2.18. The number of nitrogens with one attached hydrogen (secondary N) is 1. The quantitative estimate of drug-likeness (QED) is 0.549. The zero-order valence-corrected chi connectivity index (χ0v) is 15.9. The van der Waals surface area contributed by atoms with Crippen molar-refractivity contribution >= 4 is 26.8 Å². The number of hydrogen-bond acceptors (Lipinski definition) is 5. The number of fused-ring (bicyclic) bond motifs is 1. The van der Waals surface area contributed by atoms with E-state index in [1.165, 1.54) is 36.9 Å². The molecule has 142 valence electrons. The number of aromatic nitrogens is 2. The van der Waals surface area contributed by atoms with Crippen LogP contribution in [0.15, 0.2) is 32.7 Å². The highest BCUT2D eigenvalue weighted by atomic mass is 32.2. The van der Waals surface area contributed by atoms with Gasteiger partial charge in [0.25, 0.3) is 0 Å². The van der Waals surface area contributed by atoms with Crippen molar-refractivity contribution in [2.24, 2.45) is 14.1 Å². The molecule has 1 aromatic carbocycles. The SMILES string of the molecule is CCCCNC(=O)CCS(=O)(=O)c1ccc2c(c1)n(C)c(=O)c(=O)n2C. The maximum Gasteiger partial charge on any atom is 0.316 e. The summed E-state index contributed by atoms with van der Waals surface area (Å²) in [4.78, 5) is 35.5. The molecule has 0 unspecified atom stereocenters. The Morgan fingerprint density at radius 1 is 1.08 bits per heavy atom. The van der Waals surface area contributed by atoms with E-state index in [2.05, 4.69) is 5.32 Å². The fourth-order valence-electron chi connectivity index (χ4n) is 2.59. The van der Waals surface area contributed by atoms with Crippen molar-refractivity contribution in [3.63, 3.8) is 0 Å². The minimum atomic E-state index is -3.69. The second kappa shape index (κ2) is 7.86. The molecule has 0 fully saturated rings. The van der Waals surface area contributed by atoms with Crippen molar-refractivity contribution in [3.05, 3.63) is 38.9 Å². The predicted octanol–water partition coefficient (Wildman–Crippen LogP) is 0.317. The average molecular weight is 381 g/mol. The molecule has 9 heteroatoms. The van der Waals surface area contributed by atoms with Crippen molar-refractivity contribution < 1.29 is 13.2 Å². The first-order valence-electron chi connectivity index (χ1n) is 8.38. The fraction of sp³-hybridized carbons (Fsp3) is 0.471. The number of hydrogen-bond donors (Lipinski definition) is 1. The van der Waals surface area contributed by atoms with Gasteiger partial charge in [0.15, 0.2) is 9.84 Å². The Morgan fingerprint density at radius 2 is 1.69 bits per heavy atom. The van der Waals surface area contributed by atoms with E-state index in [9.17, 15) is 22.8 Å². The molecule has 0 saturated carbocycles. The smallest absolute Gasteiger partial charge is 0.316 e. The first kappa shape index (κ1) is 19.9. The number of sulfone groups is 1. The van der Waals surface area contributed by atoms with Gasteiger partial charge in [-0.1, -0.05) is 13.3 Å². The molecule has 0 radical (unpaired) electrons. The number of rotatable bonds is 7. The number of amides is 1. The molecule has 2 rings (SSSR count). The molecule has 0 aliphatic carbocycles. The molecule has 2 aromatic rings. The Morgan fingerprint density at radius 3 is 2.31 bits per heavy atom. The highest BCUT2D eigenvalue weighted by molar-refractivity contribution is 7.91.